The van der Waals surface area contributed by atoms with Crippen molar-refractivity contribution in [1.29, 1.82) is 0 Å². The molecule has 2 aromatic carbocycles. The van der Waals surface area contributed by atoms with Crippen molar-refractivity contribution >= 4 is 34.7 Å². The highest BCUT2D eigenvalue weighted by molar-refractivity contribution is 7.13. The van der Waals surface area contributed by atoms with Crippen molar-refractivity contribution in [1.82, 2.24) is 4.98 Å². The summed E-state index contributed by atoms with van der Waals surface area (Å²) in [5, 5.41) is 2.83. The van der Waals surface area contributed by atoms with Crippen molar-refractivity contribution < 1.29 is 19.1 Å². The number of thiazole rings is 1. The van der Waals surface area contributed by atoms with Gasteiger partial charge in [0.1, 0.15) is 10.8 Å². The molecule has 3 rings (SSSR count). The summed E-state index contributed by atoms with van der Waals surface area (Å²) in [5.41, 5.74) is 1.32. The second kappa shape index (κ2) is 8.12. The summed E-state index contributed by atoms with van der Waals surface area (Å²) in [5.74, 6) is -0.565. The zero-order valence-corrected chi connectivity index (χ0v) is 15.3. The minimum Gasteiger partial charge on any atom is -0.496 e. The highest BCUT2D eigenvalue weighted by Gasteiger charge is 2.17. The monoisotopic (exact) mass is 387 g/mol. The van der Waals surface area contributed by atoms with E-state index in [9.17, 15) is 9.59 Å². The van der Waals surface area contributed by atoms with Crippen LogP contribution in [0.25, 0.3) is 10.6 Å². The maximum Gasteiger partial charge on any atom is 0.358 e. The van der Waals surface area contributed by atoms with Gasteiger partial charge in [0, 0.05) is 16.0 Å². The van der Waals surface area contributed by atoms with E-state index in [2.05, 4.69) is 4.98 Å². The van der Waals surface area contributed by atoms with Gasteiger partial charge in [0.05, 0.1) is 12.7 Å². The van der Waals surface area contributed by atoms with Crippen molar-refractivity contribution in [3.63, 3.8) is 0 Å². The third-order valence-corrected chi connectivity index (χ3v) is 4.65. The molecule has 0 saturated heterocycles. The molecule has 1 aromatic heterocycles. The van der Waals surface area contributed by atoms with Gasteiger partial charge in [0.15, 0.2) is 12.3 Å². The smallest absolute Gasteiger partial charge is 0.358 e. The first kappa shape index (κ1) is 18.1. The number of Topliss-reactive ketones (excluding diaryl/α,β-unsaturated/α-hetero) is 1. The van der Waals surface area contributed by atoms with E-state index in [1.165, 1.54) is 18.4 Å². The molecule has 3 aromatic rings. The molecule has 0 unspecified atom stereocenters. The van der Waals surface area contributed by atoms with Crippen LogP contribution in [0.15, 0.2) is 53.9 Å². The van der Waals surface area contributed by atoms with Crippen LogP contribution in [0.3, 0.4) is 0 Å². The van der Waals surface area contributed by atoms with Gasteiger partial charge >= 0.3 is 5.97 Å². The molecule has 1 heterocycles. The number of hydrogen-bond donors (Lipinski definition) is 0. The van der Waals surface area contributed by atoms with Crippen LogP contribution in [0.5, 0.6) is 5.75 Å². The van der Waals surface area contributed by atoms with Crippen molar-refractivity contribution in [2.75, 3.05) is 13.7 Å². The summed E-state index contributed by atoms with van der Waals surface area (Å²) in [6, 6.07) is 14.0. The molecular formula is C19H14ClNO4S. The number of para-hydroxylation sites is 1. The summed E-state index contributed by atoms with van der Waals surface area (Å²) in [4.78, 5) is 28.6. The van der Waals surface area contributed by atoms with Crippen LogP contribution < -0.4 is 4.74 Å². The molecule has 0 atom stereocenters. The Kier molecular flexibility index (Phi) is 5.65. The molecule has 0 radical (unpaired) electrons. The van der Waals surface area contributed by atoms with Gasteiger partial charge in [-0.3, -0.25) is 4.79 Å². The molecular weight excluding hydrogens is 374 g/mol. The normalized spacial score (nSPS) is 10.4. The van der Waals surface area contributed by atoms with Crippen molar-refractivity contribution in [3.8, 4) is 16.3 Å². The number of aromatic nitrogens is 1. The van der Waals surface area contributed by atoms with E-state index in [0.29, 0.717) is 21.3 Å². The van der Waals surface area contributed by atoms with Gasteiger partial charge in [-0.15, -0.1) is 11.3 Å². The Morgan fingerprint density at radius 1 is 1.15 bits per heavy atom. The molecule has 5 nitrogen and oxygen atoms in total. The molecule has 0 spiro atoms. The van der Waals surface area contributed by atoms with Gasteiger partial charge < -0.3 is 9.47 Å². The fourth-order valence-corrected chi connectivity index (χ4v) is 3.26. The predicted octanol–water partition coefficient (Wildman–Crippen LogP) is 4.51. The van der Waals surface area contributed by atoms with Crippen LogP contribution in [0, 0.1) is 0 Å². The number of esters is 1. The zero-order chi connectivity index (χ0) is 18.5. The lowest BCUT2D eigenvalue weighted by Crippen LogP contribution is -2.15. The number of ether oxygens (including phenoxy) is 2. The molecule has 0 amide bonds. The van der Waals surface area contributed by atoms with E-state index in [0.717, 1.165) is 5.56 Å². The molecule has 7 heteroatoms. The number of carbonyl (C=O) groups excluding carboxylic acids is 2. The first-order chi connectivity index (χ1) is 12.6. The van der Waals surface area contributed by atoms with Gasteiger partial charge in [-0.2, -0.15) is 0 Å². The number of methoxy groups -OCH3 is 1. The molecule has 0 aliphatic heterocycles. The summed E-state index contributed by atoms with van der Waals surface area (Å²) >= 11 is 7.27. The Morgan fingerprint density at radius 2 is 1.96 bits per heavy atom. The molecule has 0 bridgehead atoms. The number of rotatable bonds is 6. The Labute approximate surface area is 159 Å². The molecule has 0 saturated carbocycles. The van der Waals surface area contributed by atoms with Crippen LogP contribution in [-0.2, 0) is 4.74 Å². The second-order valence-electron chi connectivity index (χ2n) is 5.25. The minimum atomic E-state index is -0.655. The topological polar surface area (TPSA) is 65.5 Å². The second-order valence-corrected chi connectivity index (χ2v) is 6.54. The van der Waals surface area contributed by atoms with Crippen LogP contribution in [0.2, 0.25) is 5.02 Å². The Hall–Kier alpha value is -2.70. The molecule has 0 aliphatic rings. The van der Waals surface area contributed by atoms with E-state index < -0.39 is 5.97 Å². The third-order valence-electron chi connectivity index (χ3n) is 3.53. The van der Waals surface area contributed by atoms with E-state index in [-0.39, 0.29) is 18.1 Å². The number of nitrogens with zero attached hydrogens (tertiary/aromatic N) is 1. The Bertz CT molecular complexity index is 954. The van der Waals surface area contributed by atoms with Gasteiger partial charge in [0.2, 0.25) is 5.78 Å². The molecule has 132 valence electrons. The van der Waals surface area contributed by atoms with Crippen molar-refractivity contribution in [2.24, 2.45) is 0 Å². The number of halogens is 1. The average Bonchev–Trinajstić information content (AvgIpc) is 3.16. The average molecular weight is 388 g/mol. The highest BCUT2D eigenvalue weighted by atomic mass is 35.5. The SMILES string of the molecule is COc1ccccc1C(=O)COC(=O)c1csc(-c2cccc(Cl)c2)n1. The number of carbonyl (C=O) groups is 2. The summed E-state index contributed by atoms with van der Waals surface area (Å²) in [6.45, 7) is -0.386. The predicted molar refractivity (Wildman–Crippen MR) is 100 cm³/mol. The minimum absolute atomic E-state index is 0.151. The van der Waals surface area contributed by atoms with Gasteiger partial charge in [-0.25, -0.2) is 9.78 Å². The lowest BCUT2D eigenvalue weighted by molar-refractivity contribution is 0.0469. The zero-order valence-electron chi connectivity index (χ0n) is 13.8. The van der Waals surface area contributed by atoms with Crippen LogP contribution in [0.1, 0.15) is 20.8 Å². The van der Waals surface area contributed by atoms with Gasteiger partial charge in [0.25, 0.3) is 0 Å². The van der Waals surface area contributed by atoms with Gasteiger partial charge in [-0.05, 0) is 24.3 Å². The van der Waals surface area contributed by atoms with E-state index in [4.69, 9.17) is 21.1 Å². The highest BCUT2D eigenvalue weighted by Crippen LogP contribution is 2.26. The van der Waals surface area contributed by atoms with Crippen LogP contribution in [-0.4, -0.2) is 30.5 Å². The maximum atomic E-state index is 12.2. The number of benzene rings is 2. The third kappa shape index (κ3) is 4.09. The lowest BCUT2D eigenvalue weighted by Gasteiger charge is -2.07. The number of hydrogen-bond acceptors (Lipinski definition) is 6. The molecule has 0 fully saturated rings. The fourth-order valence-electron chi connectivity index (χ4n) is 2.28. The van der Waals surface area contributed by atoms with Crippen LogP contribution >= 0.6 is 22.9 Å². The van der Waals surface area contributed by atoms with E-state index in [1.54, 1.807) is 41.8 Å². The maximum absolute atomic E-state index is 12.2. The largest absolute Gasteiger partial charge is 0.496 e. The quantitative estimate of drug-likeness (QED) is 0.460. The molecule has 0 N–H and O–H groups in total. The van der Waals surface area contributed by atoms with Crippen molar-refractivity contribution in [2.45, 2.75) is 0 Å². The summed E-state index contributed by atoms with van der Waals surface area (Å²) in [7, 11) is 1.48. The Morgan fingerprint density at radius 3 is 2.73 bits per heavy atom. The molecule has 0 aliphatic carbocycles. The summed E-state index contributed by atoms with van der Waals surface area (Å²) in [6.07, 6.45) is 0. The van der Waals surface area contributed by atoms with Gasteiger partial charge in [-0.1, -0.05) is 35.9 Å². The fraction of sp³-hybridized carbons (Fsp3) is 0.105. The summed E-state index contributed by atoms with van der Waals surface area (Å²) < 4.78 is 10.2. The van der Waals surface area contributed by atoms with E-state index in [1.807, 2.05) is 12.1 Å². The van der Waals surface area contributed by atoms with Crippen molar-refractivity contribution in [3.05, 3.63) is 70.2 Å². The number of ketones is 1. The first-order valence-electron chi connectivity index (χ1n) is 7.63. The first-order valence-corrected chi connectivity index (χ1v) is 8.89. The Balaban J connectivity index is 1.66. The van der Waals surface area contributed by atoms with E-state index >= 15 is 0 Å². The molecule has 26 heavy (non-hydrogen) atoms. The standard InChI is InChI=1S/C19H14ClNO4S/c1-24-17-8-3-2-7-14(17)16(22)10-25-19(23)15-11-26-18(21-15)12-5-4-6-13(20)9-12/h2-9,11H,10H2,1H3. The lowest BCUT2D eigenvalue weighted by atomic mass is 10.1. The van der Waals surface area contributed by atoms with Crippen LogP contribution in [0.4, 0.5) is 0 Å².